The van der Waals surface area contributed by atoms with Crippen molar-refractivity contribution in [2.75, 3.05) is 19.6 Å². The van der Waals surface area contributed by atoms with E-state index in [4.69, 9.17) is 0 Å². The first-order valence-corrected chi connectivity index (χ1v) is 5.94. The lowest BCUT2D eigenvalue weighted by Crippen LogP contribution is -2.37. The normalized spacial score (nSPS) is 13.9. The van der Waals surface area contributed by atoms with Crippen molar-refractivity contribution < 1.29 is 18.3 Å². The number of alkyl halides is 3. The highest BCUT2D eigenvalue weighted by atomic mass is 19.4. The van der Waals surface area contributed by atoms with E-state index in [9.17, 15) is 18.3 Å². The molecule has 102 valence electrons. The molecule has 0 bridgehead atoms. The Labute approximate surface area is 105 Å². The Bertz CT molecular complexity index is 340. The monoisotopic (exact) mass is 261 g/mol. The van der Waals surface area contributed by atoms with Crippen LogP contribution in [0, 0.1) is 0 Å². The van der Waals surface area contributed by atoms with Crippen molar-refractivity contribution in [3.05, 3.63) is 35.9 Å². The van der Waals surface area contributed by atoms with Crippen LogP contribution in [0.4, 0.5) is 13.2 Å². The number of nitrogens with zero attached hydrogens (tertiary/aromatic N) is 1. The van der Waals surface area contributed by atoms with Crippen molar-refractivity contribution in [1.29, 1.82) is 0 Å². The van der Waals surface area contributed by atoms with Gasteiger partial charge in [0.25, 0.3) is 0 Å². The Morgan fingerprint density at radius 3 is 2.33 bits per heavy atom. The fourth-order valence-electron chi connectivity index (χ4n) is 1.83. The van der Waals surface area contributed by atoms with Gasteiger partial charge in [0.05, 0.1) is 12.6 Å². The second-order valence-corrected chi connectivity index (χ2v) is 4.28. The number of hydrogen-bond acceptors (Lipinski definition) is 2. The van der Waals surface area contributed by atoms with E-state index in [0.717, 1.165) is 0 Å². The Kier molecular flexibility index (Phi) is 5.62. The average molecular weight is 261 g/mol. The number of benzene rings is 1. The first-order chi connectivity index (χ1) is 8.42. The molecule has 1 aromatic rings. The van der Waals surface area contributed by atoms with Gasteiger partial charge in [-0.2, -0.15) is 13.2 Å². The molecule has 0 spiro atoms. The molecule has 0 heterocycles. The van der Waals surface area contributed by atoms with Gasteiger partial charge in [0, 0.05) is 6.54 Å². The quantitative estimate of drug-likeness (QED) is 0.851. The number of halogens is 3. The molecule has 1 atom stereocenters. The van der Waals surface area contributed by atoms with Crippen molar-refractivity contribution >= 4 is 0 Å². The van der Waals surface area contributed by atoms with Crippen molar-refractivity contribution in [1.82, 2.24) is 4.90 Å². The molecule has 5 heteroatoms. The van der Waals surface area contributed by atoms with Gasteiger partial charge in [-0.25, -0.2) is 0 Å². The van der Waals surface area contributed by atoms with E-state index in [2.05, 4.69) is 0 Å². The van der Waals surface area contributed by atoms with Crippen LogP contribution in [-0.4, -0.2) is 35.8 Å². The van der Waals surface area contributed by atoms with Crippen LogP contribution in [0.2, 0.25) is 0 Å². The van der Waals surface area contributed by atoms with Crippen LogP contribution in [0.15, 0.2) is 30.3 Å². The van der Waals surface area contributed by atoms with Crippen molar-refractivity contribution in [2.24, 2.45) is 0 Å². The zero-order chi connectivity index (χ0) is 13.6. The van der Waals surface area contributed by atoms with Crippen molar-refractivity contribution in [3.63, 3.8) is 0 Å². The fraction of sp³-hybridized carbons (Fsp3) is 0.538. The maximum absolute atomic E-state index is 12.4. The Hall–Kier alpha value is -1.07. The first-order valence-electron chi connectivity index (χ1n) is 5.94. The van der Waals surface area contributed by atoms with Gasteiger partial charge in [0.15, 0.2) is 0 Å². The molecule has 0 aliphatic heterocycles. The summed E-state index contributed by atoms with van der Waals surface area (Å²) in [5, 5.41) is 9.91. The summed E-state index contributed by atoms with van der Waals surface area (Å²) in [5.74, 6) is 0. The van der Waals surface area contributed by atoms with E-state index in [1.807, 2.05) is 6.92 Å². The predicted octanol–water partition coefficient (Wildman–Crippen LogP) is 2.99. The summed E-state index contributed by atoms with van der Waals surface area (Å²) in [4.78, 5) is 1.23. The highest BCUT2D eigenvalue weighted by Crippen LogP contribution is 2.20. The molecule has 1 N–H and O–H groups in total. The summed E-state index contributed by atoms with van der Waals surface area (Å²) in [6.45, 7) is 1.16. The van der Waals surface area contributed by atoms with Crippen molar-refractivity contribution in [3.8, 4) is 0 Å². The largest absolute Gasteiger partial charge is 0.401 e. The smallest absolute Gasteiger partial charge is 0.387 e. The van der Waals surface area contributed by atoms with Crippen LogP contribution < -0.4 is 0 Å². The molecular formula is C13H18F3NO. The second kappa shape index (κ2) is 6.75. The van der Waals surface area contributed by atoms with E-state index in [1.54, 1.807) is 30.3 Å². The summed E-state index contributed by atoms with van der Waals surface area (Å²) in [5.41, 5.74) is 0.640. The lowest BCUT2D eigenvalue weighted by atomic mass is 10.1. The lowest BCUT2D eigenvalue weighted by molar-refractivity contribution is -0.148. The third kappa shape index (κ3) is 5.51. The van der Waals surface area contributed by atoms with Gasteiger partial charge in [0.2, 0.25) is 0 Å². The molecule has 1 rings (SSSR count). The minimum Gasteiger partial charge on any atom is -0.387 e. The van der Waals surface area contributed by atoms with Crippen LogP contribution in [0.3, 0.4) is 0 Å². The van der Waals surface area contributed by atoms with Gasteiger partial charge in [-0.15, -0.1) is 0 Å². The molecule has 2 nitrogen and oxygen atoms in total. The van der Waals surface area contributed by atoms with Gasteiger partial charge in [0.1, 0.15) is 0 Å². The minimum absolute atomic E-state index is 0.00262. The van der Waals surface area contributed by atoms with Gasteiger partial charge in [-0.1, -0.05) is 37.3 Å². The SMILES string of the molecule is CCCN(CC(O)c1ccccc1)CC(F)(F)F. The average Bonchev–Trinajstić information content (AvgIpc) is 2.28. The molecule has 0 aliphatic rings. The molecule has 0 aromatic heterocycles. The second-order valence-electron chi connectivity index (χ2n) is 4.28. The zero-order valence-corrected chi connectivity index (χ0v) is 10.3. The molecule has 1 unspecified atom stereocenters. The molecule has 0 saturated heterocycles. The molecule has 1 aromatic carbocycles. The van der Waals surface area contributed by atoms with Gasteiger partial charge in [-0.3, -0.25) is 4.90 Å². The van der Waals surface area contributed by atoms with E-state index in [0.29, 0.717) is 18.5 Å². The summed E-state index contributed by atoms with van der Waals surface area (Å²) in [6.07, 6.45) is -4.50. The highest BCUT2D eigenvalue weighted by molar-refractivity contribution is 5.17. The molecule has 0 fully saturated rings. The molecular weight excluding hydrogens is 243 g/mol. The molecule has 0 amide bonds. The summed E-state index contributed by atoms with van der Waals surface area (Å²) in [6, 6.07) is 8.74. The van der Waals surface area contributed by atoms with Gasteiger partial charge >= 0.3 is 6.18 Å². The highest BCUT2D eigenvalue weighted by Gasteiger charge is 2.31. The fourth-order valence-corrected chi connectivity index (χ4v) is 1.83. The number of hydrogen-bond donors (Lipinski definition) is 1. The summed E-state index contributed by atoms with van der Waals surface area (Å²) in [7, 11) is 0. The standard InChI is InChI=1S/C13H18F3NO/c1-2-8-17(10-13(14,15)16)9-12(18)11-6-4-3-5-7-11/h3-7,12,18H,2,8-10H2,1H3. The van der Waals surface area contributed by atoms with Crippen LogP contribution in [0.1, 0.15) is 25.0 Å². The maximum Gasteiger partial charge on any atom is 0.401 e. The van der Waals surface area contributed by atoms with Gasteiger partial charge in [-0.05, 0) is 18.5 Å². The number of aliphatic hydroxyl groups excluding tert-OH is 1. The summed E-state index contributed by atoms with van der Waals surface area (Å²) >= 11 is 0. The molecule has 0 aliphatic carbocycles. The first kappa shape index (κ1) is 15.0. The van der Waals surface area contributed by atoms with E-state index in [-0.39, 0.29) is 6.54 Å². The molecule has 18 heavy (non-hydrogen) atoms. The number of aliphatic hydroxyl groups is 1. The lowest BCUT2D eigenvalue weighted by Gasteiger charge is -2.25. The molecule has 0 saturated carbocycles. The zero-order valence-electron chi connectivity index (χ0n) is 10.3. The molecule has 0 radical (unpaired) electrons. The van der Waals surface area contributed by atoms with E-state index in [1.165, 1.54) is 4.90 Å². The Morgan fingerprint density at radius 1 is 1.22 bits per heavy atom. The topological polar surface area (TPSA) is 23.5 Å². The number of rotatable bonds is 6. The van der Waals surface area contributed by atoms with Crippen LogP contribution in [-0.2, 0) is 0 Å². The third-order valence-corrected chi connectivity index (χ3v) is 2.56. The third-order valence-electron chi connectivity index (χ3n) is 2.56. The minimum atomic E-state index is -4.23. The van der Waals surface area contributed by atoms with Crippen molar-refractivity contribution in [2.45, 2.75) is 25.6 Å². The van der Waals surface area contributed by atoms with Crippen LogP contribution in [0.25, 0.3) is 0 Å². The van der Waals surface area contributed by atoms with Crippen LogP contribution >= 0.6 is 0 Å². The Morgan fingerprint density at radius 2 is 1.83 bits per heavy atom. The summed E-state index contributed by atoms with van der Waals surface area (Å²) < 4.78 is 37.1. The van der Waals surface area contributed by atoms with Gasteiger partial charge < -0.3 is 5.11 Å². The van der Waals surface area contributed by atoms with Crippen LogP contribution in [0.5, 0.6) is 0 Å². The maximum atomic E-state index is 12.4. The predicted molar refractivity (Wildman–Crippen MR) is 64.2 cm³/mol. The Balaban J connectivity index is 2.60. The van der Waals surface area contributed by atoms with E-state index < -0.39 is 18.8 Å². The van der Waals surface area contributed by atoms with E-state index >= 15 is 0 Å².